The molecule has 0 radical (unpaired) electrons. The lowest BCUT2D eigenvalue weighted by Gasteiger charge is -2.36. The molecule has 1 fully saturated rings. The van der Waals surface area contributed by atoms with Gasteiger partial charge in [-0.15, -0.1) is 11.8 Å². The van der Waals surface area contributed by atoms with E-state index in [-0.39, 0.29) is 5.91 Å². The highest BCUT2D eigenvalue weighted by atomic mass is 35.5. The highest BCUT2D eigenvalue weighted by Gasteiger charge is 2.21. The maximum absolute atomic E-state index is 12.4. The highest BCUT2D eigenvalue weighted by molar-refractivity contribution is 8.00. The second-order valence-electron chi connectivity index (χ2n) is 5.71. The van der Waals surface area contributed by atoms with E-state index in [1.54, 1.807) is 0 Å². The van der Waals surface area contributed by atoms with Crippen LogP contribution >= 0.6 is 23.4 Å². The fourth-order valence-electron chi connectivity index (χ4n) is 2.73. The Bertz CT molecular complexity index is 717. The fraction of sp³-hybridized carbons (Fsp3) is 0.278. The highest BCUT2D eigenvalue weighted by Crippen LogP contribution is 2.23. The zero-order valence-corrected chi connectivity index (χ0v) is 14.9. The molecular formula is C18H20ClN3OS. The van der Waals surface area contributed by atoms with Crippen molar-refractivity contribution in [1.29, 1.82) is 0 Å². The average molecular weight is 362 g/mol. The molecule has 1 saturated heterocycles. The first-order chi connectivity index (χ1) is 11.6. The SMILES string of the molecule is Nc1cccc(SCC(=O)N2CCN(c3cccc(Cl)c3)CC2)c1. The third kappa shape index (κ3) is 4.36. The van der Waals surface area contributed by atoms with Gasteiger partial charge in [0.05, 0.1) is 5.75 Å². The molecule has 1 aliphatic heterocycles. The summed E-state index contributed by atoms with van der Waals surface area (Å²) in [6.07, 6.45) is 0. The number of piperazine rings is 1. The molecule has 1 amide bonds. The van der Waals surface area contributed by atoms with Crippen LogP contribution in [0.5, 0.6) is 0 Å². The van der Waals surface area contributed by atoms with Gasteiger partial charge in [0.25, 0.3) is 0 Å². The van der Waals surface area contributed by atoms with E-state index in [4.69, 9.17) is 17.3 Å². The summed E-state index contributed by atoms with van der Waals surface area (Å²) in [6.45, 7) is 3.13. The number of nitrogens with zero attached hydrogens (tertiary/aromatic N) is 2. The smallest absolute Gasteiger partial charge is 0.233 e. The Hall–Kier alpha value is -1.85. The van der Waals surface area contributed by atoms with Gasteiger partial charge >= 0.3 is 0 Å². The van der Waals surface area contributed by atoms with E-state index in [1.807, 2.05) is 47.4 Å². The maximum Gasteiger partial charge on any atom is 0.233 e. The van der Waals surface area contributed by atoms with E-state index >= 15 is 0 Å². The first kappa shape index (κ1) is 17.0. The van der Waals surface area contributed by atoms with E-state index in [2.05, 4.69) is 11.0 Å². The van der Waals surface area contributed by atoms with Crippen molar-refractivity contribution in [1.82, 2.24) is 4.90 Å². The summed E-state index contributed by atoms with van der Waals surface area (Å²) in [5.41, 5.74) is 7.60. The average Bonchev–Trinajstić information content (AvgIpc) is 2.60. The monoisotopic (exact) mass is 361 g/mol. The zero-order chi connectivity index (χ0) is 16.9. The molecule has 0 unspecified atom stereocenters. The van der Waals surface area contributed by atoms with Crippen LogP contribution in [0.3, 0.4) is 0 Å². The molecule has 0 aromatic heterocycles. The summed E-state index contributed by atoms with van der Waals surface area (Å²) in [7, 11) is 0. The summed E-state index contributed by atoms with van der Waals surface area (Å²) in [5.74, 6) is 0.619. The van der Waals surface area contributed by atoms with E-state index < -0.39 is 0 Å². The third-order valence-corrected chi connectivity index (χ3v) is 5.24. The summed E-state index contributed by atoms with van der Waals surface area (Å²) in [4.78, 5) is 17.6. The number of benzene rings is 2. The van der Waals surface area contributed by atoms with Crippen molar-refractivity contribution in [2.24, 2.45) is 0 Å². The summed E-state index contributed by atoms with van der Waals surface area (Å²) < 4.78 is 0. The lowest BCUT2D eigenvalue weighted by molar-refractivity contribution is -0.128. The summed E-state index contributed by atoms with van der Waals surface area (Å²) in [5, 5.41) is 0.740. The van der Waals surface area contributed by atoms with Gasteiger partial charge in [0.2, 0.25) is 5.91 Å². The van der Waals surface area contributed by atoms with Crippen LogP contribution in [0.1, 0.15) is 0 Å². The van der Waals surface area contributed by atoms with Crippen molar-refractivity contribution in [3.05, 3.63) is 53.6 Å². The zero-order valence-electron chi connectivity index (χ0n) is 13.3. The molecule has 0 aliphatic carbocycles. The van der Waals surface area contributed by atoms with Crippen LogP contribution in [0.2, 0.25) is 5.02 Å². The van der Waals surface area contributed by atoms with Gasteiger partial charge in [-0.2, -0.15) is 0 Å². The Labute approximate surface area is 151 Å². The van der Waals surface area contributed by atoms with Crippen molar-refractivity contribution in [3.63, 3.8) is 0 Å². The Balaban J connectivity index is 1.50. The number of thioether (sulfide) groups is 1. The minimum atomic E-state index is 0.174. The van der Waals surface area contributed by atoms with Gasteiger partial charge in [-0.25, -0.2) is 0 Å². The predicted octanol–water partition coefficient (Wildman–Crippen LogP) is 3.36. The largest absolute Gasteiger partial charge is 0.399 e. The van der Waals surface area contributed by atoms with E-state index in [0.29, 0.717) is 5.75 Å². The van der Waals surface area contributed by atoms with Gasteiger partial charge in [0.1, 0.15) is 0 Å². The second-order valence-corrected chi connectivity index (χ2v) is 7.19. The van der Waals surface area contributed by atoms with Gasteiger partial charge in [0.15, 0.2) is 0 Å². The quantitative estimate of drug-likeness (QED) is 0.670. The van der Waals surface area contributed by atoms with Crippen LogP contribution in [0, 0.1) is 0 Å². The van der Waals surface area contributed by atoms with Crippen LogP contribution < -0.4 is 10.6 Å². The topological polar surface area (TPSA) is 49.6 Å². The minimum absolute atomic E-state index is 0.174. The molecule has 0 bridgehead atoms. The number of nitrogens with two attached hydrogens (primary N) is 1. The number of anilines is 2. The molecule has 126 valence electrons. The van der Waals surface area contributed by atoms with Crippen LogP contribution in [-0.4, -0.2) is 42.7 Å². The number of hydrogen-bond acceptors (Lipinski definition) is 4. The van der Waals surface area contributed by atoms with Gasteiger partial charge in [-0.3, -0.25) is 4.79 Å². The molecule has 6 heteroatoms. The van der Waals surface area contributed by atoms with Crippen LogP contribution in [0.25, 0.3) is 0 Å². The summed E-state index contributed by atoms with van der Waals surface area (Å²) >= 11 is 7.58. The van der Waals surface area contributed by atoms with Crippen LogP contribution in [0.15, 0.2) is 53.4 Å². The Morgan fingerprint density at radius 1 is 1.08 bits per heavy atom. The fourth-order valence-corrected chi connectivity index (χ4v) is 3.78. The summed E-state index contributed by atoms with van der Waals surface area (Å²) in [6, 6.07) is 15.5. The van der Waals surface area contributed by atoms with E-state index in [1.165, 1.54) is 11.8 Å². The van der Waals surface area contributed by atoms with Gasteiger partial charge in [-0.05, 0) is 36.4 Å². The number of nitrogen functional groups attached to an aromatic ring is 1. The van der Waals surface area contributed by atoms with Crippen molar-refractivity contribution < 1.29 is 4.79 Å². The van der Waals surface area contributed by atoms with Crippen molar-refractivity contribution >= 4 is 40.6 Å². The van der Waals surface area contributed by atoms with Gasteiger partial charge in [-0.1, -0.05) is 23.7 Å². The molecule has 2 aromatic rings. The molecular weight excluding hydrogens is 342 g/mol. The maximum atomic E-state index is 12.4. The van der Waals surface area contributed by atoms with Crippen molar-refractivity contribution in [2.45, 2.75) is 4.90 Å². The number of rotatable bonds is 4. The molecule has 2 aromatic carbocycles. The second kappa shape index (κ2) is 7.81. The van der Waals surface area contributed by atoms with E-state index in [9.17, 15) is 4.79 Å². The van der Waals surface area contributed by atoms with Crippen LogP contribution in [0.4, 0.5) is 11.4 Å². The van der Waals surface area contributed by atoms with Crippen molar-refractivity contribution in [3.8, 4) is 0 Å². The standard InChI is InChI=1S/C18H20ClN3OS/c19-14-3-1-5-16(11-14)21-7-9-22(10-8-21)18(23)13-24-17-6-2-4-15(20)12-17/h1-6,11-12H,7-10,13,20H2. The molecule has 0 saturated carbocycles. The Kier molecular flexibility index (Phi) is 5.53. The predicted molar refractivity (Wildman–Crippen MR) is 102 cm³/mol. The molecule has 0 atom stereocenters. The molecule has 3 rings (SSSR count). The molecule has 4 nitrogen and oxygen atoms in total. The molecule has 1 aliphatic rings. The normalized spacial score (nSPS) is 14.7. The lowest BCUT2D eigenvalue weighted by Crippen LogP contribution is -2.49. The number of amides is 1. The number of carbonyl (C=O) groups excluding carboxylic acids is 1. The minimum Gasteiger partial charge on any atom is -0.399 e. The lowest BCUT2D eigenvalue weighted by atomic mass is 10.2. The number of carbonyl (C=O) groups is 1. The number of hydrogen-bond donors (Lipinski definition) is 1. The van der Waals surface area contributed by atoms with Crippen LogP contribution in [-0.2, 0) is 4.79 Å². The van der Waals surface area contributed by atoms with Gasteiger partial charge < -0.3 is 15.5 Å². The molecule has 2 N–H and O–H groups in total. The Morgan fingerprint density at radius 3 is 2.54 bits per heavy atom. The first-order valence-corrected chi connectivity index (χ1v) is 9.25. The van der Waals surface area contributed by atoms with Crippen molar-refractivity contribution in [2.75, 3.05) is 42.6 Å². The molecule has 1 heterocycles. The van der Waals surface area contributed by atoms with E-state index in [0.717, 1.165) is 47.5 Å². The third-order valence-electron chi connectivity index (χ3n) is 4.03. The Morgan fingerprint density at radius 2 is 1.83 bits per heavy atom. The first-order valence-electron chi connectivity index (χ1n) is 7.88. The van der Waals surface area contributed by atoms with Gasteiger partial charge in [0, 0.05) is 47.5 Å². The molecule has 0 spiro atoms. The number of halogens is 1. The molecule has 24 heavy (non-hydrogen) atoms.